The topological polar surface area (TPSA) is 24.8 Å². The summed E-state index contributed by atoms with van der Waals surface area (Å²) >= 11 is 6.35. The second-order valence-electron chi connectivity index (χ2n) is 6.24. The molecule has 1 aliphatic heterocycles. The second-order valence-corrected chi connectivity index (χ2v) is 6.65. The van der Waals surface area contributed by atoms with Crippen LogP contribution in [0.3, 0.4) is 0 Å². The maximum atomic E-state index is 6.35. The molecule has 3 nitrogen and oxygen atoms in total. The maximum Gasteiger partial charge on any atom is 0.137 e. The molecule has 0 aliphatic carbocycles. The van der Waals surface area contributed by atoms with Crippen LogP contribution in [0.4, 0.5) is 0 Å². The van der Waals surface area contributed by atoms with Crippen LogP contribution in [0.5, 0.6) is 5.75 Å². The molecule has 0 saturated carbocycles. The van der Waals surface area contributed by atoms with E-state index in [9.17, 15) is 0 Å². The molecule has 0 atom stereocenters. The third-order valence-corrected chi connectivity index (χ3v) is 4.55. The van der Waals surface area contributed by atoms with Gasteiger partial charge < -0.3 is 9.64 Å². The summed E-state index contributed by atoms with van der Waals surface area (Å²) in [5.41, 5.74) is 1.07. The molecule has 1 aliphatic rings. The minimum atomic E-state index is 0.674. The standard InChI is InChI=1S/C19H29ClN2O/c1-3-4-5-6-7-8-9-14-23-18-11-10-16(15-17(18)20)19-21-12-13-22(19)2/h10-11,15H,3-9,12-14H2,1-2H3. The van der Waals surface area contributed by atoms with Crippen LogP contribution in [-0.4, -0.2) is 37.5 Å². The number of amidine groups is 1. The first-order chi connectivity index (χ1) is 11.2. The number of hydrogen-bond acceptors (Lipinski definition) is 3. The Morgan fingerprint density at radius 1 is 1.13 bits per heavy atom. The number of aliphatic imine (C=N–C) groups is 1. The highest BCUT2D eigenvalue weighted by atomic mass is 35.5. The van der Waals surface area contributed by atoms with E-state index in [0.29, 0.717) is 5.02 Å². The van der Waals surface area contributed by atoms with E-state index in [4.69, 9.17) is 16.3 Å². The van der Waals surface area contributed by atoms with Crippen LogP contribution in [-0.2, 0) is 0 Å². The summed E-state index contributed by atoms with van der Waals surface area (Å²) in [6.45, 7) is 4.83. The Balaban J connectivity index is 1.72. The Kier molecular flexibility index (Phi) is 7.73. The molecule has 1 heterocycles. The van der Waals surface area contributed by atoms with Gasteiger partial charge in [-0.15, -0.1) is 0 Å². The highest BCUT2D eigenvalue weighted by molar-refractivity contribution is 6.32. The Bertz CT molecular complexity index is 516. The van der Waals surface area contributed by atoms with Gasteiger partial charge in [0.1, 0.15) is 11.6 Å². The van der Waals surface area contributed by atoms with Gasteiger partial charge >= 0.3 is 0 Å². The molecule has 4 heteroatoms. The van der Waals surface area contributed by atoms with E-state index in [1.807, 2.05) is 18.2 Å². The lowest BCUT2D eigenvalue weighted by molar-refractivity contribution is 0.304. The molecule has 0 radical (unpaired) electrons. The van der Waals surface area contributed by atoms with Crippen molar-refractivity contribution in [3.63, 3.8) is 0 Å². The molecule has 0 saturated heterocycles. The average Bonchev–Trinajstić information content (AvgIpc) is 2.97. The highest BCUT2D eigenvalue weighted by Gasteiger charge is 2.15. The van der Waals surface area contributed by atoms with Crippen molar-refractivity contribution in [2.45, 2.75) is 51.9 Å². The number of rotatable bonds is 10. The molecule has 1 aromatic rings. The summed E-state index contributed by atoms with van der Waals surface area (Å²) in [4.78, 5) is 6.68. The number of likely N-dealkylation sites (N-methyl/N-ethyl adjacent to an activating group) is 1. The molecule has 0 spiro atoms. The monoisotopic (exact) mass is 336 g/mol. The fourth-order valence-corrected chi connectivity index (χ4v) is 3.08. The molecular formula is C19H29ClN2O. The first-order valence-electron chi connectivity index (χ1n) is 8.90. The van der Waals surface area contributed by atoms with E-state index in [2.05, 4.69) is 23.9 Å². The summed E-state index contributed by atoms with van der Waals surface area (Å²) in [5, 5.41) is 0.674. The van der Waals surface area contributed by atoms with Crippen LogP contribution >= 0.6 is 11.6 Å². The zero-order chi connectivity index (χ0) is 16.5. The fourth-order valence-electron chi connectivity index (χ4n) is 2.84. The van der Waals surface area contributed by atoms with Gasteiger partial charge in [0.15, 0.2) is 0 Å². The van der Waals surface area contributed by atoms with Gasteiger partial charge in [-0.05, 0) is 24.6 Å². The van der Waals surface area contributed by atoms with Crippen LogP contribution in [0, 0.1) is 0 Å². The Hall–Kier alpha value is -1.22. The van der Waals surface area contributed by atoms with E-state index in [-0.39, 0.29) is 0 Å². The van der Waals surface area contributed by atoms with Crippen LogP contribution < -0.4 is 4.74 Å². The second kappa shape index (κ2) is 9.82. The maximum absolute atomic E-state index is 6.35. The predicted molar refractivity (Wildman–Crippen MR) is 99.0 cm³/mol. The van der Waals surface area contributed by atoms with Crippen molar-refractivity contribution in [1.82, 2.24) is 4.90 Å². The van der Waals surface area contributed by atoms with Crippen molar-refractivity contribution in [1.29, 1.82) is 0 Å². The largest absolute Gasteiger partial charge is 0.492 e. The number of halogens is 1. The van der Waals surface area contributed by atoms with Gasteiger partial charge in [0, 0.05) is 19.2 Å². The third kappa shape index (κ3) is 5.72. The van der Waals surface area contributed by atoms with Gasteiger partial charge in [-0.1, -0.05) is 57.0 Å². The van der Waals surface area contributed by atoms with Gasteiger partial charge in [0.2, 0.25) is 0 Å². The fraction of sp³-hybridized carbons (Fsp3) is 0.632. The molecule has 0 aromatic heterocycles. The zero-order valence-corrected chi connectivity index (χ0v) is 15.2. The molecule has 0 bridgehead atoms. The van der Waals surface area contributed by atoms with Crippen LogP contribution in [0.25, 0.3) is 0 Å². The van der Waals surface area contributed by atoms with Crippen molar-refractivity contribution in [3.05, 3.63) is 28.8 Å². The zero-order valence-electron chi connectivity index (χ0n) is 14.5. The average molecular weight is 337 g/mol. The summed E-state index contributed by atoms with van der Waals surface area (Å²) in [6.07, 6.45) is 9.02. The number of nitrogens with zero attached hydrogens (tertiary/aromatic N) is 2. The third-order valence-electron chi connectivity index (χ3n) is 4.25. The van der Waals surface area contributed by atoms with Crippen molar-refractivity contribution in [2.75, 3.05) is 26.7 Å². The first-order valence-corrected chi connectivity index (χ1v) is 9.28. The van der Waals surface area contributed by atoms with Crippen molar-refractivity contribution >= 4 is 17.4 Å². The number of benzene rings is 1. The summed E-state index contributed by atoms with van der Waals surface area (Å²) < 4.78 is 5.82. The Morgan fingerprint density at radius 3 is 2.52 bits per heavy atom. The van der Waals surface area contributed by atoms with Crippen LogP contribution in [0.2, 0.25) is 5.02 Å². The molecule has 128 valence electrons. The Labute approximate surface area is 145 Å². The molecule has 0 N–H and O–H groups in total. The SMILES string of the molecule is CCCCCCCCCOc1ccc(C2=NCCN2C)cc1Cl. The van der Waals surface area contributed by atoms with E-state index in [1.54, 1.807) is 0 Å². The van der Waals surface area contributed by atoms with E-state index >= 15 is 0 Å². The lowest BCUT2D eigenvalue weighted by atomic mass is 10.1. The van der Waals surface area contributed by atoms with E-state index < -0.39 is 0 Å². The van der Waals surface area contributed by atoms with Crippen molar-refractivity contribution in [2.24, 2.45) is 4.99 Å². The predicted octanol–water partition coefficient (Wildman–Crippen LogP) is 5.16. The van der Waals surface area contributed by atoms with Crippen LogP contribution in [0.15, 0.2) is 23.2 Å². The van der Waals surface area contributed by atoms with Gasteiger partial charge in [-0.3, -0.25) is 4.99 Å². The summed E-state index contributed by atoms with van der Waals surface area (Å²) in [6, 6.07) is 5.97. The number of hydrogen-bond donors (Lipinski definition) is 0. The molecule has 2 rings (SSSR count). The van der Waals surface area contributed by atoms with Gasteiger partial charge in [-0.25, -0.2) is 0 Å². The van der Waals surface area contributed by atoms with Gasteiger partial charge in [-0.2, -0.15) is 0 Å². The lowest BCUT2D eigenvalue weighted by Crippen LogP contribution is -2.23. The molecule has 1 aromatic carbocycles. The minimum absolute atomic E-state index is 0.674. The summed E-state index contributed by atoms with van der Waals surface area (Å²) in [5.74, 6) is 1.80. The molecule has 0 unspecified atom stereocenters. The first kappa shape index (κ1) is 18.1. The smallest absolute Gasteiger partial charge is 0.137 e. The van der Waals surface area contributed by atoms with E-state index in [1.165, 1.54) is 38.5 Å². The quantitative estimate of drug-likeness (QED) is 0.551. The Morgan fingerprint density at radius 2 is 1.87 bits per heavy atom. The minimum Gasteiger partial charge on any atom is -0.492 e. The number of unbranched alkanes of at least 4 members (excludes halogenated alkanes) is 6. The van der Waals surface area contributed by atoms with Gasteiger partial charge in [0.25, 0.3) is 0 Å². The molecule has 0 amide bonds. The van der Waals surface area contributed by atoms with Crippen molar-refractivity contribution in [3.8, 4) is 5.75 Å². The lowest BCUT2D eigenvalue weighted by Gasteiger charge is -2.15. The van der Waals surface area contributed by atoms with Crippen molar-refractivity contribution < 1.29 is 4.74 Å². The molecular weight excluding hydrogens is 308 g/mol. The molecule has 0 fully saturated rings. The normalized spacial score (nSPS) is 14.2. The highest BCUT2D eigenvalue weighted by Crippen LogP contribution is 2.27. The van der Waals surface area contributed by atoms with Gasteiger partial charge in [0.05, 0.1) is 18.2 Å². The van der Waals surface area contributed by atoms with E-state index in [0.717, 1.165) is 43.3 Å². The van der Waals surface area contributed by atoms with Crippen LogP contribution in [0.1, 0.15) is 57.4 Å². The number of ether oxygens (including phenoxy) is 1. The molecule has 23 heavy (non-hydrogen) atoms. The summed E-state index contributed by atoms with van der Waals surface area (Å²) in [7, 11) is 2.06.